The van der Waals surface area contributed by atoms with Crippen LogP contribution in [0.3, 0.4) is 0 Å². The number of hydrogen-bond donors (Lipinski definition) is 1. The zero-order valence-electron chi connectivity index (χ0n) is 18.3. The lowest BCUT2D eigenvalue weighted by molar-refractivity contribution is 0.101. The fourth-order valence-electron chi connectivity index (χ4n) is 3.06. The third-order valence-electron chi connectivity index (χ3n) is 4.89. The Morgan fingerprint density at radius 3 is 2.42 bits per heavy atom. The minimum atomic E-state index is -0.279. The Balaban J connectivity index is 1.59. The summed E-state index contributed by atoms with van der Waals surface area (Å²) in [6, 6.07) is 25.3. The van der Waals surface area contributed by atoms with Gasteiger partial charge >= 0.3 is 0 Å². The molecule has 5 nitrogen and oxygen atoms in total. The molecule has 7 heteroatoms. The molecule has 0 fully saturated rings. The first-order valence-electron chi connectivity index (χ1n) is 10.3. The molecule has 4 aromatic rings. The maximum Gasteiger partial charge on any atom is 0.275 e. The standard InChI is InChI=1S/C26H23N3O2S2/c1-18-8-6-7-9-19(18)17-32-26-27-16-23(33-22-10-4-3-5-11-22)24(29-26)25(30)28-20-12-14-21(31-2)15-13-20/h3-16H,17H2,1-2H3,(H,28,30). The van der Waals surface area contributed by atoms with Crippen LogP contribution in [-0.4, -0.2) is 23.0 Å². The summed E-state index contributed by atoms with van der Waals surface area (Å²) in [6.07, 6.45) is 1.73. The van der Waals surface area contributed by atoms with Gasteiger partial charge in [0.15, 0.2) is 5.16 Å². The van der Waals surface area contributed by atoms with Gasteiger partial charge in [-0.2, -0.15) is 0 Å². The molecule has 1 heterocycles. The first kappa shape index (κ1) is 22.9. The van der Waals surface area contributed by atoms with Gasteiger partial charge < -0.3 is 10.1 Å². The first-order valence-corrected chi connectivity index (χ1v) is 12.2. The van der Waals surface area contributed by atoms with E-state index in [1.807, 2.05) is 42.5 Å². The number of anilines is 1. The average Bonchev–Trinajstić information content (AvgIpc) is 2.85. The Morgan fingerprint density at radius 1 is 0.970 bits per heavy atom. The molecule has 33 heavy (non-hydrogen) atoms. The molecule has 0 saturated carbocycles. The van der Waals surface area contributed by atoms with Crippen LogP contribution in [0.15, 0.2) is 100 Å². The van der Waals surface area contributed by atoms with E-state index in [-0.39, 0.29) is 5.91 Å². The van der Waals surface area contributed by atoms with Gasteiger partial charge in [-0.3, -0.25) is 4.79 Å². The molecule has 0 saturated heterocycles. The molecule has 0 aliphatic heterocycles. The van der Waals surface area contributed by atoms with Gasteiger partial charge in [-0.15, -0.1) is 0 Å². The van der Waals surface area contributed by atoms with E-state index in [2.05, 4.69) is 34.3 Å². The number of carbonyl (C=O) groups excluding carboxylic acids is 1. The van der Waals surface area contributed by atoms with Gasteiger partial charge in [0.05, 0.1) is 12.0 Å². The highest BCUT2D eigenvalue weighted by atomic mass is 32.2. The Bertz CT molecular complexity index is 1230. The predicted molar refractivity (Wildman–Crippen MR) is 134 cm³/mol. The fourth-order valence-corrected chi connectivity index (χ4v) is 4.84. The number of nitrogens with one attached hydrogen (secondary N) is 1. The summed E-state index contributed by atoms with van der Waals surface area (Å²) in [4.78, 5) is 24.1. The number of hydrogen-bond acceptors (Lipinski definition) is 6. The van der Waals surface area contributed by atoms with Crippen LogP contribution in [0.1, 0.15) is 21.6 Å². The molecule has 166 valence electrons. The van der Waals surface area contributed by atoms with Gasteiger partial charge in [0.2, 0.25) is 0 Å². The van der Waals surface area contributed by atoms with E-state index in [0.717, 1.165) is 16.4 Å². The Hall–Kier alpha value is -3.29. The zero-order valence-corrected chi connectivity index (χ0v) is 20.0. The highest BCUT2D eigenvalue weighted by Gasteiger charge is 2.17. The van der Waals surface area contributed by atoms with Crippen LogP contribution in [0.5, 0.6) is 5.75 Å². The van der Waals surface area contributed by atoms with E-state index in [1.54, 1.807) is 37.6 Å². The molecule has 1 aromatic heterocycles. The van der Waals surface area contributed by atoms with Gasteiger partial charge in [-0.1, -0.05) is 66.0 Å². The maximum atomic E-state index is 13.2. The van der Waals surface area contributed by atoms with Gasteiger partial charge in [0.1, 0.15) is 11.4 Å². The molecule has 3 aromatic carbocycles. The summed E-state index contributed by atoms with van der Waals surface area (Å²) < 4.78 is 5.19. The number of thioether (sulfide) groups is 1. The lowest BCUT2D eigenvalue weighted by Crippen LogP contribution is -2.16. The molecular formula is C26H23N3O2S2. The number of nitrogens with zero attached hydrogens (tertiary/aromatic N) is 2. The summed E-state index contributed by atoms with van der Waals surface area (Å²) in [6.45, 7) is 2.09. The van der Waals surface area contributed by atoms with E-state index in [9.17, 15) is 4.79 Å². The van der Waals surface area contributed by atoms with Crippen LogP contribution < -0.4 is 10.1 Å². The molecule has 1 amide bonds. The van der Waals surface area contributed by atoms with E-state index >= 15 is 0 Å². The van der Waals surface area contributed by atoms with Crippen molar-refractivity contribution in [3.63, 3.8) is 0 Å². The second kappa shape index (κ2) is 11.0. The van der Waals surface area contributed by atoms with E-state index in [4.69, 9.17) is 4.74 Å². The Kier molecular flexibility index (Phi) is 7.65. The molecule has 0 radical (unpaired) electrons. The molecule has 0 unspecified atom stereocenters. The Labute approximate surface area is 202 Å². The van der Waals surface area contributed by atoms with Crippen molar-refractivity contribution in [1.82, 2.24) is 9.97 Å². The topological polar surface area (TPSA) is 64.1 Å². The smallest absolute Gasteiger partial charge is 0.275 e. The Morgan fingerprint density at radius 2 is 1.70 bits per heavy atom. The summed E-state index contributed by atoms with van der Waals surface area (Å²) >= 11 is 2.99. The average molecular weight is 474 g/mol. The molecule has 0 atom stereocenters. The second-order valence-corrected chi connectivity index (χ2v) is 9.24. The lowest BCUT2D eigenvalue weighted by Gasteiger charge is -2.11. The van der Waals surface area contributed by atoms with Crippen LogP contribution in [0, 0.1) is 6.92 Å². The van der Waals surface area contributed by atoms with Crippen molar-refractivity contribution in [3.8, 4) is 5.75 Å². The second-order valence-electron chi connectivity index (χ2n) is 7.18. The van der Waals surface area contributed by atoms with Crippen LogP contribution in [-0.2, 0) is 5.75 Å². The van der Waals surface area contributed by atoms with Crippen molar-refractivity contribution in [1.29, 1.82) is 0 Å². The van der Waals surface area contributed by atoms with Crippen LogP contribution in [0.2, 0.25) is 0 Å². The molecule has 0 aliphatic carbocycles. The monoisotopic (exact) mass is 473 g/mol. The van der Waals surface area contributed by atoms with Crippen molar-refractivity contribution in [2.75, 3.05) is 12.4 Å². The zero-order chi connectivity index (χ0) is 23.0. The number of benzene rings is 3. The van der Waals surface area contributed by atoms with Crippen molar-refractivity contribution < 1.29 is 9.53 Å². The van der Waals surface area contributed by atoms with Crippen molar-refractivity contribution in [2.24, 2.45) is 0 Å². The highest BCUT2D eigenvalue weighted by molar-refractivity contribution is 7.99. The van der Waals surface area contributed by atoms with E-state index in [1.165, 1.54) is 34.7 Å². The van der Waals surface area contributed by atoms with Gasteiger partial charge in [-0.05, 0) is 54.4 Å². The SMILES string of the molecule is COc1ccc(NC(=O)c2nc(SCc3ccccc3C)ncc2Sc2ccccc2)cc1. The van der Waals surface area contributed by atoms with E-state index < -0.39 is 0 Å². The minimum absolute atomic E-state index is 0.279. The summed E-state index contributed by atoms with van der Waals surface area (Å²) in [7, 11) is 1.61. The van der Waals surface area contributed by atoms with Crippen molar-refractivity contribution >= 4 is 35.1 Å². The molecule has 4 rings (SSSR count). The van der Waals surface area contributed by atoms with Crippen molar-refractivity contribution in [3.05, 3.63) is 102 Å². The third kappa shape index (κ3) is 6.15. The lowest BCUT2D eigenvalue weighted by atomic mass is 10.1. The van der Waals surface area contributed by atoms with Crippen LogP contribution in [0.4, 0.5) is 5.69 Å². The largest absolute Gasteiger partial charge is 0.497 e. The molecule has 1 N–H and O–H groups in total. The van der Waals surface area contributed by atoms with Crippen LogP contribution in [0.25, 0.3) is 0 Å². The number of aromatic nitrogens is 2. The van der Waals surface area contributed by atoms with Crippen LogP contribution >= 0.6 is 23.5 Å². The summed E-state index contributed by atoms with van der Waals surface area (Å²) in [5, 5.41) is 3.50. The van der Waals surface area contributed by atoms with E-state index in [0.29, 0.717) is 21.4 Å². The number of methoxy groups -OCH3 is 1. The number of carbonyl (C=O) groups is 1. The van der Waals surface area contributed by atoms with Gasteiger partial charge in [0, 0.05) is 22.5 Å². The molecule has 0 bridgehead atoms. The quantitative estimate of drug-likeness (QED) is 0.233. The summed E-state index contributed by atoms with van der Waals surface area (Å²) in [5.41, 5.74) is 3.46. The highest BCUT2D eigenvalue weighted by Crippen LogP contribution is 2.31. The normalized spacial score (nSPS) is 10.6. The number of amides is 1. The third-order valence-corrected chi connectivity index (χ3v) is 6.82. The number of ether oxygens (including phenoxy) is 1. The molecular weight excluding hydrogens is 450 g/mol. The number of aryl methyl sites for hydroxylation is 1. The molecule has 0 aliphatic rings. The summed E-state index contributed by atoms with van der Waals surface area (Å²) in [5.74, 6) is 1.18. The number of rotatable bonds is 8. The molecule has 0 spiro atoms. The van der Waals surface area contributed by atoms with Gasteiger partial charge in [-0.25, -0.2) is 9.97 Å². The minimum Gasteiger partial charge on any atom is -0.497 e. The first-order chi connectivity index (χ1) is 16.1. The van der Waals surface area contributed by atoms with Gasteiger partial charge in [0.25, 0.3) is 5.91 Å². The predicted octanol–water partition coefficient (Wildman–Crippen LogP) is 6.49. The fraction of sp³-hybridized carbons (Fsp3) is 0.115. The van der Waals surface area contributed by atoms with Crippen molar-refractivity contribution in [2.45, 2.75) is 27.6 Å². The maximum absolute atomic E-state index is 13.2.